The number of aromatic nitrogens is 1. The van der Waals surface area contributed by atoms with E-state index >= 15 is 0 Å². The Morgan fingerprint density at radius 2 is 1.87 bits per heavy atom. The van der Waals surface area contributed by atoms with E-state index in [1.807, 2.05) is 0 Å². The van der Waals surface area contributed by atoms with Crippen LogP contribution in [0.5, 0.6) is 0 Å². The van der Waals surface area contributed by atoms with Gasteiger partial charge in [0.2, 0.25) is 0 Å². The van der Waals surface area contributed by atoms with Crippen molar-refractivity contribution in [1.29, 1.82) is 0 Å². The fraction of sp³-hybridized carbons (Fsp3) is 0.250. The average molecular weight is 322 g/mol. The molecule has 0 spiro atoms. The predicted octanol–water partition coefficient (Wildman–Crippen LogP) is 3.52. The molecule has 0 atom stereocenters. The lowest BCUT2D eigenvalue weighted by atomic mass is 10.0. The summed E-state index contributed by atoms with van der Waals surface area (Å²) in [5.41, 5.74) is 1.40. The summed E-state index contributed by atoms with van der Waals surface area (Å²) in [4.78, 5) is 5.83. The Bertz CT molecular complexity index is 736. The first-order valence-corrected chi connectivity index (χ1v) is 6.84. The maximum Gasteiger partial charge on any atom is 0.416 e. The molecule has 0 bridgehead atoms. The second-order valence-electron chi connectivity index (χ2n) is 5.29. The average Bonchev–Trinajstić information content (AvgIpc) is 2.53. The molecule has 2 rings (SSSR count). The molecule has 4 nitrogen and oxygen atoms in total. The molecule has 1 aromatic carbocycles. The summed E-state index contributed by atoms with van der Waals surface area (Å²) in [5, 5.41) is 3.60. The number of halogens is 3. The minimum atomic E-state index is -4.44. The van der Waals surface area contributed by atoms with Crippen molar-refractivity contribution >= 4 is 11.5 Å². The van der Waals surface area contributed by atoms with Gasteiger partial charge in [0.05, 0.1) is 17.0 Å². The largest absolute Gasteiger partial charge is 0.416 e. The summed E-state index contributed by atoms with van der Waals surface area (Å²) in [6, 6.07) is 9.01. The lowest BCUT2D eigenvalue weighted by molar-refractivity contribution is -0.137. The highest BCUT2D eigenvalue weighted by Crippen LogP contribution is 2.34. The molecule has 0 saturated heterocycles. The number of rotatable bonds is 3. The van der Waals surface area contributed by atoms with Gasteiger partial charge in [-0.05, 0) is 30.7 Å². The standard InChI is InChI=1S/C16H17F3N4/c1-10(22-20)11-5-4-6-12(7-11)14-8-13(16(17,18)19)9-15(21-14)23(2)3/h4-9H,20H2,1-3H3/b22-10-. The van der Waals surface area contributed by atoms with Crippen LogP contribution in [0.4, 0.5) is 19.0 Å². The van der Waals surface area contributed by atoms with Crippen LogP contribution in [0, 0.1) is 0 Å². The molecule has 0 unspecified atom stereocenters. The molecule has 2 aromatic rings. The van der Waals surface area contributed by atoms with Crippen molar-refractivity contribution in [3.05, 3.63) is 47.5 Å². The number of nitrogens with zero attached hydrogens (tertiary/aromatic N) is 3. The fourth-order valence-corrected chi connectivity index (χ4v) is 2.03. The van der Waals surface area contributed by atoms with Gasteiger partial charge in [0.25, 0.3) is 0 Å². The summed E-state index contributed by atoms with van der Waals surface area (Å²) < 4.78 is 39.3. The fourth-order valence-electron chi connectivity index (χ4n) is 2.03. The zero-order valence-corrected chi connectivity index (χ0v) is 13.0. The summed E-state index contributed by atoms with van der Waals surface area (Å²) in [6.45, 7) is 1.73. The highest BCUT2D eigenvalue weighted by atomic mass is 19.4. The normalized spacial score (nSPS) is 12.3. The summed E-state index contributed by atoms with van der Waals surface area (Å²) in [6.07, 6.45) is -4.44. The number of hydrazone groups is 1. The number of benzene rings is 1. The van der Waals surface area contributed by atoms with Crippen LogP contribution < -0.4 is 10.7 Å². The highest BCUT2D eigenvalue weighted by molar-refractivity contribution is 5.99. The Balaban J connectivity index is 2.61. The maximum absolute atomic E-state index is 13.1. The predicted molar refractivity (Wildman–Crippen MR) is 85.4 cm³/mol. The van der Waals surface area contributed by atoms with Crippen LogP contribution in [0.25, 0.3) is 11.3 Å². The van der Waals surface area contributed by atoms with Crippen LogP contribution in [-0.4, -0.2) is 24.8 Å². The lowest BCUT2D eigenvalue weighted by Gasteiger charge is -2.16. The van der Waals surface area contributed by atoms with E-state index in [0.717, 1.165) is 17.7 Å². The van der Waals surface area contributed by atoms with Crippen LogP contribution >= 0.6 is 0 Å². The van der Waals surface area contributed by atoms with Crippen molar-refractivity contribution < 1.29 is 13.2 Å². The van der Waals surface area contributed by atoms with Gasteiger partial charge in [-0.3, -0.25) is 0 Å². The number of alkyl halides is 3. The van der Waals surface area contributed by atoms with Crippen molar-refractivity contribution in [3.63, 3.8) is 0 Å². The van der Waals surface area contributed by atoms with Crippen molar-refractivity contribution in [1.82, 2.24) is 4.98 Å². The van der Waals surface area contributed by atoms with Gasteiger partial charge in [0.1, 0.15) is 5.82 Å². The summed E-state index contributed by atoms with van der Waals surface area (Å²) in [7, 11) is 3.29. The SMILES string of the molecule is C/C(=N/N)c1cccc(-c2cc(C(F)(F)F)cc(N(C)C)n2)c1. The second kappa shape index (κ2) is 6.28. The van der Waals surface area contributed by atoms with Gasteiger partial charge in [-0.15, -0.1) is 0 Å². The van der Waals surface area contributed by atoms with Gasteiger partial charge in [-0.2, -0.15) is 18.3 Å². The van der Waals surface area contributed by atoms with E-state index in [2.05, 4.69) is 10.1 Å². The Hall–Kier alpha value is -2.57. The quantitative estimate of drug-likeness (QED) is 0.534. The molecule has 0 aliphatic heterocycles. The Morgan fingerprint density at radius 1 is 1.17 bits per heavy atom. The molecule has 2 N–H and O–H groups in total. The molecule has 0 saturated carbocycles. The Morgan fingerprint density at radius 3 is 2.43 bits per heavy atom. The summed E-state index contributed by atoms with van der Waals surface area (Å²) in [5.74, 6) is 5.49. The molecule has 122 valence electrons. The third-order valence-electron chi connectivity index (χ3n) is 3.37. The number of anilines is 1. The molecular weight excluding hydrogens is 305 g/mol. The van der Waals surface area contributed by atoms with Crippen LogP contribution in [0.3, 0.4) is 0 Å². The first kappa shape index (κ1) is 16.8. The zero-order valence-electron chi connectivity index (χ0n) is 13.0. The van der Waals surface area contributed by atoms with Crippen molar-refractivity contribution in [2.45, 2.75) is 13.1 Å². The van der Waals surface area contributed by atoms with E-state index in [0.29, 0.717) is 11.3 Å². The molecular formula is C16H17F3N4. The third kappa shape index (κ3) is 3.80. The van der Waals surface area contributed by atoms with Gasteiger partial charge in [0, 0.05) is 19.7 Å². The van der Waals surface area contributed by atoms with Gasteiger partial charge < -0.3 is 10.7 Å². The van der Waals surface area contributed by atoms with Crippen molar-refractivity contribution in [2.75, 3.05) is 19.0 Å². The molecule has 0 radical (unpaired) electrons. The number of pyridine rings is 1. The van der Waals surface area contributed by atoms with Crippen molar-refractivity contribution in [2.24, 2.45) is 10.9 Å². The first-order chi connectivity index (χ1) is 10.7. The molecule has 1 aromatic heterocycles. The minimum Gasteiger partial charge on any atom is -0.363 e. The molecule has 7 heteroatoms. The third-order valence-corrected chi connectivity index (χ3v) is 3.37. The van der Waals surface area contributed by atoms with E-state index < -0.39 is 11.7 Å². The number of hydrogen-bond donors (Lipinski definition) is 1. The van der Waals surface area contributed by atoms with E-state index in [9.17, 15) is 13.2 Å². The van der Waals surface area contributed by atoms with E-state index in [4.69, 9.17) is 5.84 Å². The van der Waals surface area contributed by atoms with Crippen LogP contribution in [0.15, 0.2) is 41.5 Å². The zero-order chi connectivity index (χ0) is 17.2. The molecule has 23 heavy (non-hydrogen) atoms. The molecule has 0 amide bonds. The summed E-state index contributed by atoms with van der Waals surface area (Å²) >= 11 is 0. The molecule has 0 aliphatic carbocycles. The minimum absolute atomic E-state index is 0.240. The molecule has 0 fully saturated rings. The van der Waals surface area contributed by atoms with Crippen molar-refractivity contribution in [3.8, 4) is 11.3 Å². The van der Waals surface area contributed by atoms with Crippen LogP contribution in [-0.2, 0) is 6.18 Å². The second-order valence-corrected chi connectivity index (χ2v) is 5.29. The smallest absolute Gasteiger partial charge is 0.363 e. The topological polar surface area (TPSA) is 54.5 Å². The molecule has 1 heterocycles. The molecule has 0 aliphatic rings. The maximum atomic E-state index is 13.1. The van der Waals surface area contributed by atoms with Gasteiger partial charge in [-0.1, -0.05) is 18.2 Å². The van der Waals surface area contributed by atoms with Crippen LogP contribution in [0.1, 0.15) is 18.1 Å². The van der Waals surface area contributed by atoms with E-state index in [-0.39, 0.29) is 11.5 Å². The van der Waals surface area contributed by atoms with Gasteiger partial charge >= 0.3 is 6.18 Å². The Labute approximate surface area is 132 Å². The number of hydrogen-bond acceptors (Lipinski definition) is 4. The first-order valence-electron chi connectivity index (χ1n) is 6.84. The lowest BCUT2D eigenvalue weighted by Crippen LogP contribution is -2.14. The monoisotopic (exact) mass is 322 g/mol. The van der Waals surface area contributed by atoms with E-state index in [1.54, 1.807) is 45.3 Å². The van der Waals surface area contributed by atoms with E-state index in [1.165, 1.54) is 4.90 Å². The Kier molecular flexibility index (Phi) is 4.58. The van der Waals surface area contributed by atoms with Gasteiger partial charge in [-0.25, -0.2) is 4.98 Å². The van der Waals surface area contributed by atoms with Crippen LogP contribution in [0.2, 0.25) is 0 Å². The highest BCUT2D eigenvalue weighted by Gasteiger charge is 2.32. The number of nitrogens with two attached hydrogens (primary N) is 1. The van der Waals surface area contributed by atoms with Gasteiger partial charge in [0.15, 0.2) is 0 Å².